The second-order valence-electron chi connectivity index (χ2n) is 5.21. The van der Waals surface area contributed by atoms with E-state index in [0.717, 1.165) is 13.0 Å². The van der Waals surface area contributed by atoms with Crippen LogP contribution in [-0.2, 0) is 19.3 Å². The smallest absolute Gasteiger partial charge is 0.0794 e. The SMILES string of the molecule is CC(NCCc1cscn1)c1cc2c(s1)CCCC2. The van der Waals surface area contributed by atoms with E-state index in [2.05, 4.69) is 28.7 Å². The topological polar surface area (TPSA) is 24.9 Å². The predicted molar refractivity (Wildman–Crippen MR) is 83.2 cm³/mol. The molecule has 0 radical (unpaired) electrons. The van der Waals surface area contributed by atoms with Gasteiger partial charge >= 0.3 is 0 Å². The fraction of sp³-hybridized carbons (Fsp3) is 0.533. The third-order valence-electron chi connectivity index (χ3n) is 3.76. The van der Waals surface area contributed by atoms with Gasteiger partial charge in [0.2, 0.25) is 0 Å². The van der Waals surface area contributed by atoms with E-state index in [9.17, 15) is 0 Å². The van der Waals surface area contributed by atoms with Crippen LogP contribution in [0, 0.1) is 0 Å². The van der Waals surface area contributed by atoms with Crippen molar-refractivity contribution < 1.29 is 0 Å². The zero-order valence-electron chi connectivity index (χ0n) is 11.3. The molecule has 1 aliphatic rings. The van der Waals surface area contributed by atoms with Gasteiger partial charge in [-0.05, 0) is 44.2 Å². The molecule has 1 atom stereocenters. The molecule has 3 rings (SSSR count). The molecular formula is C15H20N2S2. The number of aromatic nitrogens is 1. The Morgan fingerprint density at radius 2 is 2.26 bits per heavy atom. The quantitative estimate of drug-likeness (QED) is 0.901. The van der Waals surface area contributed by atoms with Gasteiger partial charge in [-0.2, -0.15) is 0 Å². The summed E-state index contributed by atoms with van der Waals surface area (Å²) in [6, 6.07) is 2.90. The molecule has 102 valence electrons. The molecular weight excluding hydrogens is 272 g/mol. The molecule has 0 amide bonds. The largest absolute Gasteiger partial charge is 0.309 e. The molecule has 4 heteroatoms. The summed E-state index contributed by atoms with van der Waals surface area (Å²) in [4.78, 5) is 7.46. The molecule has 1 N–H and O–H groups in total. The van der Waals surface area contributed by atoms with Gasteiger partial charge in [0.05, 0.1) is 11.2 Å². The first-order valence-corrected chi connectivity index (χ1v) is 8.81. The van der Waals surface area contributed by atoms with Crippen molar-refractivity contribution in [1.29, 1.82) is 0 Å². The highest BCUT2D eigenvalue weighted by molar-refractivity contribution is 7.12. The Morgan fingerprint density at radius 3 is 3.05 bits per heavy atom. The first-order chi connectivity index (χ1) is 9.33. The second kappa shape index (κ2) is 6.16. The molecule has 1 unspecified atom stereocenters. The number of rotatable bonds is 5. The van der Waals surface area contributed by atoms with E-state index in [-0.39, 0.29) is 0 Å². The molecule has 2 nitrogen and oxygen atoms in total. The third-order valence-corrected chi connectivity index (χ3v) is 5.81. The minimum Gasteiger partial charge on any atom is -0.309 e. The lowest BCUT2D eigenvalue weighted by atomic mass is 9.99. The highest BCUT2D eigenvalue weighted by Crippen LogP contribution is 2.32. The molecule has 0 bridgehead atoms. The van der Waals surface area contributed by atoms with E-state index in [1.54, 1.807) is 21.8 Å². The van der Waals surface area contributed by atoms with Gasteiger partial charge in [0.1, 0.15) is 0 Å². The Labute approximate surface area is 122 Å². The van der Waals surface area contributed by atoms with Crippen LogP contribution in [-0.4, -0.2) is 11.5 Å². The van der Waals surface area contributed by atoms with Crippen LogP contribution in [0.25, 0.3) is 0 Å². The van der Waals surface area contributed by atoms with Crippen LogP contribution in [0.3, 0.4) is 0 Å². The average Bonchev–Trinajstić information content (AvgIpc) is 3.07. The standard InChI is InChI=1S/C15H20N2S2/c1-11(16-7-6-13-9-18-10-17-13)15-8-12-4-2-3-5-14(12)19-15/h8-11,16H,2-7H2,1H3. The number of nitrogens with one attached hydrogen (secondary N) is 1. The molecule has 1 aliphatic carbocycles. The zero-order chi connectivity index (χ0) is 13.1. The van der Waals surface area contributed by atoms with Crippen molar-refractivity contribution in [2.24, 2.45) is 0 Å². The number of thiophene rings is 1. The Bertz CT molecular complexity index is 493. The lowest BCUT2D eigenvalue weighted by Gasteiger charge is -2.11. The Balaban J connectivity index is 1.54. The molecule has 0 fully saturated rings. The average molecular weight is 292 g/mol. The molecule has 0 saturated heterocycles. The Morgan fingerprint density at radius 1 is 1.37 bits per heavy atom. The van der Waals surface area contributed by atoms with E-state index in [0.29, 0.717) is 6.04 Å². The Hall–Kier alpha value is -0.710. The lowest BCUT2D eigenvalue weighted by molar-refractivity contribution is 0.582. The summed E-state index contributed by atoms with van der Waals surface area (Å²) >= 11 is 3.69. The highest BCUT2D eigenvalue weighted by atomic mass is 32.1. The van der Waals surface area contributed by atoms with E-state index in [1.165, 1.54) is 36.3 Å². The number of aryl methyl sites for hydroxylation is 2. The maximum absolute atomic E-state index is 4.32. The number of hydrogen-bond acceptors (Lipinski definition) is 4. The van der Waals surface area contributed by atoms with Gasteiger partial charge in [0.15, 0.2) is 0 Å². The van der Waals surface area contributed by atoms with Crippen molar-refractivity contribution in [1.82, 2.24) is 10.3 Å². The summed E-state index contributed by atoms with van der Waals surface area (Å²) in [5, 5.41) is 5.76. The van der Waals surface area contributed by atoms with Crippen molar-refractivity contribution in [3.05, 3.63) is 38.0 Å². The number of thiazole rings is 1. The monoisotopic (exact) mass is 292 g/mol. The number of nitrogens with zero attached hydrogens (tertiary/aromatic N) is 1. The van der Waals surface area contributed by atoms with E-state index >= 15 is 0 Å². The minimum atomic E-state index is 0.467. The van der Waals surface area contributed by atoms with Gasteiger partial charge in [-0.1, -0.05) is 0 Å². The van der Waals surface area contributed by atoms with Crippen LogP contribution in [0.2, 0.25) is 0 Å². The summed E-state index contributed by atoms with van der Waals surface area (Å²) in [5.41, 5.74) is 4.72. The van der Waals surface area contributed by atoms with Crippen LogP contribution in [0.5, 0.6) is 0 Å². The molecule has 0 saturated carbocycles. The van der Waals surface area contributed by atoms with Crippen molar-refractivity contribution in [2.45, 2.75) is 45.1 Å². The summed E-state index contributed by atoms with van der Waals surface area (Å²) < 4.78 is 0. The van der Waals surface area contributed by atoms with Gasteiger partial charge in [-0.15, -0.1) is 22.7 Å². The van der Waals surface area contributed by atoms with Gasteiger partial charge < -0.3 is 5.32 Å². The van der Waals surface area contributed by atoms with Gasteiger partial charge in [0, 0.05) is 34.1 Å². The van der Waals surface area contributed by atoms with Crippen molar-refractivity contribution in [3.8, 4) is 0 Å². The van der Waals surface area contributed by atoms with Gasteiger partial charge in [-0.3, -0.25) is 0 Å². The fourth-order valence-electron chi connectivity index (χ4n) is 2.61. The number of fused-ring (bicyclic) bond motifs is 1. The van der Waals surface area contributed by atoms with Crippen LogP contribution in [0.4, 0.5) is 0 Å². The van der Waals surface area contributed by atoms with E-state index in [4.69, 9.17) is 0 Å². The molecule has 19 heavy (non-hydrogen) atoms. The van der Waals surface area contributed by atoms with Crippen molar-refractivity contribution >= 4 is 22.7 Å². The van der Waals surface area contributed by atoms with E-state index < -0.39 is 0 Å². The number of hydrogen-bond donors (Lipinski definition) is 1. The molecule has 2 aromatic rings. The molecule has 0 spiro atoms. The summed E-state index contributed by atoms with van der Waals surface area (Å²) in [5.74, 6) is 0. The first-order valence-electron chi connectivity index (χ1n) is 7.05. The highest BCUT2D eigenvalue weighted by Gasteiger charge is 2.16. The van der Waals surface area contributed by atoms with Crippen LogP contribution >= 0.6 is 22.7 Å². The predicted octanol–water partition coefficient (Wildman–Crippen LogP) is 3.98. The molecule has 2 heterocycles. The summed E-state index contributed by atoms with van der Waals surface area (Å²) in [7, 11) is 0. The Kier molecular flexibility index (Phi) is 4.31. The van der Waals surface area contributed by atoms with Crippen LogP contribution in [0.1, 0.15) is 46.8 Å². The summed E-state index contributed by atoms with van der Waals surface area (Å²) in [6.45, 7) is 3.28. The van der Waals surface area contributed by atoms with Crippen molar-refractivity contribution in [3.63, 3.8) is 0 Å². The fourth-order valence-corrected chi connectivity index (χ4v) is 4.48. The third kappa shape index (κ3) is 3.25. The molecule has 0 aromatic carbocycles. The first kappa shape index (κ1) is 13.3. The lowest BCUT2D eigenvalue weighted by Crippen LogP contribution is -2.20. The molecule has 0 aliphatic heterocycles. The van der Waals surface area contributed by atoms with Gasteiger partial charge in [-0.25, -0.2) is 4.98 Å². The second-order valence-corrected chi connectivity index (χ2v) is 7.10. The summed E-state index contributed by atoms with van der Waals surface area (Å²) in [6.07, 6.45) is 6.36. The maximum Gasteiger partial charge on any atom is 0.0794 e. The molecule has 2 aromatic heterocycles. The van der Waals surface area contributed by atoms with Gasteiger partial charge in [0.25, 0.3) is 0 Å². The van der Waals surface area contributed by atoms with Crippen LogP contribution in [0.15, 0.2) is 17.0 Å². The zero-order valence-corrected chi connectivity index (χ0v) is 12.9. The van der Waals surface area contributed by atoms with Crippen LogP contribution < -0.4 is 5.32 Å². The minimum absolute atomic E-state index is 0.467. The maximum atomic E-state index is 4.32. The normalized spacial score (nSPS) is 16.3. The van der Waals surface area contributed by atoms with E-state index in [1.807, 2.05) is 16.8 Å². The van der Waals surface area contributed by atoms with Crippen molar-refractivity contribution in [2.75, 3.05) is 6.54 Å².